The Kier molecular flexibility index (Phi) is 4.08. The SMILES string of the molecule is C[Si](C)(C)N=[P+]=N[Si](C)(C)C. The van der Waals surface area contributed by atoms with Crippen molar-refractivity contribution in [1.82, 2.24) is 0 Å². The van der Waals surface area contributed by atoms with Gasteiger partial charge in [-0.05, 0) is 0 Å². The zero-order valence-corrected chi connectivity index (χ0v) is 11.2. The molecule has 0 amide bonds. The Balaban J connectivity index is 4.25. The first kappa shape index (κ1) is 11.5. The fraction of sp³-hybridized carbons (Fsp3) is 1.00. The van der Waals surface area contributed by atoms with Crippen molar-refractivity contribution in [3.63, 3.8) is 0 Å². The van der Waals surface area contributed by atoms with E-state index in [9.17, 15) is 0 Å². The quantitative estimate of drug-likeness (QED) is 0.481. The topological polar surface area (TPSA) is 24.7 Å². The van der Waals surface area contributed by atoms with E-state index in [1.807, 2.05) is 0 Å². The summed E-state index contributed by atoms with van der Waals surface area (Å²) in [6.45, 7) is 13.4. The third kappa shape index (κ3) is 10.5. The van der Waals surface area contributed by atoms with Crippen LogP contribution in [0.15, 0.2) is 8.82 Å². The van der Waals surface area contributed by atoms with Crippen LogP contribution in [-0.4, -0.2) is 16.5 Å². The number of hydrogen-bond acceptors (Lipinski definition) is 2. The van der Waals surface area contributed by atoms with Crippen molar-refractivity contribution in [2.24, 2.45) is 8.82 Å². The summed E-state index contributed by atoms with van der Waals surface area (Å²) in [7, 11) is -1.46. The molecule has 0 aliphatic carbocycles. The van der Waals surface area contributed by atoms with Crippen molar-refractivity contribution in [3.05, 3.63) is 0 Å². The molecule has 0 aromatic heterocycles. The minimum atomic E-state index is -1.22. The molecule has 2 nitrogen and oxygen atoms in total. The predicted molar refractivity (Wildman–Crippen MR) is 58.5 cm³/mol. The molecule has 0 aliphatic heterocycles. The first-order valence-corrected chi connectivity index (χ1v) is 11.5. The van der Waals surface area contributed by atoms with Gasteiger partial charge >= 0.3 is 72.7 Å². The van der Waals surface area contributed by atoms with Crippen LogP contribution < -0.4 is 0 Å². The molecule has 0 atom stereocenters. The summed E-state index contributed by atoms with van der Waals surface area (Å²) in [6.07, 6.45) is 0. The molecule has 64 valence electrons. The number of rotatable bonds is 2. The zero-order chi connectivity index (χ0) is 9.12. The van der Waals surface area contributed by atoms with Gasteiger partial charge in [0, 0.05) is 0 Å². The molecule has 0 N–H and O–H groups in total. The Morgan fingerprint density at radius 1 is 0.727 bits per heavy atom. The van der Waals surface area contributed by atoms with Crippen LogP contribution in [0.1, 0.15) is 0 Å². The Morgan fingerprint density at radius 2 is 1.00 bits per heavy atom. The standard InChI is InChI=1S/C6H18N2PSi2/c1-10(2,3)7-9-8-11(4,5)6/h1-6H3/q+1. The van der Waals surface area contributed by atoms with Gasteiger partial charge in [-0.15, -0.1) is 0 Å². The number of hydrogen-bond donors (Lipinski definition) is 0. The Labute approximate surface area is 73.2 Å². The van der Waals surface area contributed by atoms with Gasteiger partial charge in [0.1, 0.15) is 0 Å². The molecule has 0 aromatic carbocycles. The summed E-state index contributed by atoms with van der Waals surface area (Å²) < 4.78 is 9.04. The summed E-state index contributed by atoms with van der Waals surface area (Å²) in [5.41, 5.74) is 0. The van der Waals surface area contributed by atoms with Crippen molar-refractivity contribution < 1.29 is 0 Å². The Morgan fingerprint density at radius 3 is 1.18 bits per heavy atom. The van der Waals surface area contributed by atoms with Crippen LogP contribution >= 0.6 is 8.16 Å². The predicted octanol–water partition coefficient (Wildman–Crippen LogP) is 3.97. The van der Waals surface area contributed by atoms with E-state index in [1.54, 1.807) is 0 Å². The van der Waals surface area contributed by atoms with Gasteiger partial charge in [0.05, 0.1) is 0 Å². The molecule has 0 heterocycles. The van der Waals surface area contributed by atoms with Crippen LogP contribution in [0, 0.1) is 0 Å². The van der Waals surface area contributed by atoms with Gasteiger partial charge in [0.25, 0.3) is 0 Å². The van der Waals surface area contributed by atoms with Crippen LogP contribution in [0.4, 0.5) is 0 Å². The molecule has 0 aliphatic rings. The van der Waals surface area contributed by atoms with Crippen molar-refractivity contribution >= 4 is 24.6 Å². The van der Waals surface area contributed by atoms with E-state index >= 15 is 0 Å². The second-order valence-corrected chi connectivity index (χ2v) is 15.1. The summed E-state index contributed by atoms with van der Waals surface area (Å²) in [6, 6.07) is 0. The summed E-state index contributed by atoms with van der Waals surface area (Å²) in [4.78, 5) is 0. The number of nitrogens with zero attached hydrogens (tertiary/aromatic N) is 2. The maximum absolute atomic E-state index is 4.52. The van der Waals surface area contributed by atoms with Gasteiger partial charge in [-0.2, -0.15) is 0 Å². The van der Waals surface area contributed by atoms with Crippen LogP contribution in [0.25, 0.3) is 0 Å². The third-order valence-electron chi connectivity index (χ3n) is 0.689. The fourth-order valence-electron chi connectivity index (χ4n) is 0.291. The molecule has 0 spiro atoms. The van der Waals surface area contributed by atoms with Crippen LogP contribution in [0.3, 0.4) is 0 Å². The first-order valence-electron chi connectivity index (χ1n) is 3.85. The molecule has 0 saturated heterocycles. The van der Waals surface area contributed by atoms with E-state index in [-0.39, 0.29) is 0 Å². The molecule has 0 saturated carbocycles. The first-order chi connectivity index (χ1) is 4.71. The van der Waals surface area contributed by atoms with Gasteiger partial charge in [-0.1, -0.05) is 0 Å². The van der Waals surface area contributed by atoms with Gasteiger partial charge in [-0.3, -0.25) is 0 Å². The summed E-state index contributed by atoms with van der Waals surface area (Å²) in [5.74, 6) is 0. The second-order valence-electron chi connectivity index (χ2n) is 4.63. The summed E-state index contributed by atoms with van der Waals surface area (Å²) in [5, 5.41) is 0. The van der Waals surface area contributed by atoms with E-state index in [4.69, 9.17) is 0 Å². The zero-order valence-electron chi connectivity index (χ0n) is 8.34. The molecule has 11 heavy (non-hydrogen) atoms. The molecule has 5 heteroatoms. The van der Waals surface area contributed by atoms with Gasteiger partial charge in [-0.25, -0.2) is 0 Å². The van der Waals surface area contributed by atoms with E-state index in [0.717, 1.165) is 8.16 Å². The maximum atomic E-state index is 4.52. The Hall–Kier alpha value is 0.464. The third-order valence-corrected chi connectivity index (χ3v) is 6.20. The molecular formula is C6H18N2PSi2+. The second kappa shape index (κ2) is 3.92. The van der Waals surface area contributed by atoms with Crippen molar-refractivity contribution in [3.8, 4) is 0 Å². The van der Waals surface area contributed by atoms with Gasteiger partial charge in [0.2, 0.25) is 0 Å². The van der Waals surface area contributed by atoms with Crippen molar-refractivity contribution in [1.29, 1.82) is 0 Å². The van der Waals surface area contributed by atoms with E-state index in [0.29, 0.717) is 0 Å². The van der Waals surface area contributed by atoms with Gasteiger partial charge < -0.3 is 0 Å². The molecule has 0 unspecified atom stereocenters. The molecule has 0 bridgehead atoms. The average molecular weight is 205 g/mol. The van der Waals surface area contributed by atoms with Crippen LogP contribution in [-0.2, 0) is 0 Å². The summed E-state index contributed by atoms with van der Waals surface area (Å²) >= 11 is 0. The molecule has 0 aromatic rings. The normalized spacial score (nSPS) is 12.5. The molecule has 0 rings (SSSR count). The molecular weight excluding hydrogens is 187 g/mol. The molecule has 0 fully saturated rings. The van der Waals surface area contributed by atoms with E-state index in [2.05, 4.69) is 48.1 Å². The van der Waals surface area contributed by atoms with Crippen LogP contribution in [0.5, 0.6) is 0 Å². The van der Waals surface area contributed by atoms with Crippen molar-refractivity contribution in [2.75, 3.05) is 0 Å². The van der Waals surface area contributed by atoms with E-state index < -0.39 is 16.5 Å². The minimum absolute atomic E-state index is 0.975. The van der Waals surface area contributed by atoms with Crippen molar-refractivity contribution in [2.45, 2.75) is 39.3 Å². The fourth-order valence-corrected chi connectivity index (χ4v) is 3.02. The molecule has 0 radical (unpaired) electrons. The van der Waals surface area contributed by atoms with Crippen LogP contribution in [0.2, 0.25) is 39.3 Å². The average Bonchev–Trinajstić information content (AvgIpc) is 1.55. The van der Waals surface area contributed by atoms with Gasteiger partial charge in [0.15, 0.2) is 0 Å². The monoisotopic (exact) mass is 205 g/mol. The Bertz CT molecular complexity index is 166. The van der Waals surface area contributed by atoms with E-state index in [1.165, 1.54) is 0 Å².